The minimum Gasteiger partial charge on any atom is -0.451 e. The van der Waals surface area contributed by atoms with E-state index in [0.717, 1.165) is 16.8 Å². The van der Waals surface area contributed by atoms with Crippen LogP contribution >= 0.6 is 0 Å². The Labute approximate surface area is 163 Å². The molecule has 144 valence electrons. The first-order chi connectivity index (χ1) is 13.5. The van der Waals surface area contributed by atoms with Gasteiger partial charge in [0.2, 0.25) is 5.91 Å². The summed E-state index contributed by atoms with van der Waals surface area (Å²) in [5.41, 5.74) is 5.06. The maximum absolute atomic E-state index is 12.8. The number of aryl methyl sites for hydroxylation is 1. The van der Waals surface area contributed by atoms with Gasteiger partial charge in [0.1, 0.15) is 5.71 Å². The van der Waals surface area contributed by atoms with Crippen molar-refractivity contribution in [1.29, 1.82) is 0 Å². The van der Waals surface area contributed by atoms with Crippen molar-refractivity contribution in [3.8, 4) is 0 Å². The average molecular weight is 379 g/mol. The number of hydrogen-bond acceptors (Lipinski definition) is 5. The lowest BCUT2D eigenvalue weighted by molar-refractivity contribution is -0.141. The fourth-order valence-corrected chi connectivity index (χ4v) is 2.80. The van der Waals surface area contributed by atoms with Crippen LogP contribution in [0.5, 0.6) is 0 Å². The van der Waals surface area contributed by atoms with Crippen molar-refractivity contribution >= 4 is 29.2 Å². The Bertz CT molecular complexity index is 909. The number of esters is 1. The van der Waals surface area contributed by atoms with Crippen LogP contribution in [0.1, 0.15) is 24.0 Å². The van der Waals surface area contributed by atoms with E-state index in [-0.39, 0.29) is 30.4 Å². The number of amides is 2. The van der Waals surface area contributed by atoms with E-state index in [2.05, 4.69) is 10.5 Å². The molecule has 0 spiro atoms. The van der Waals surface area contributed by atoms with E-state index in [1.54, 1.807) is 4.90 Å². The summed E-state index contributed by atoms with van der Waals surface area (Å²) in [6.45, 7) is 1.90. The number of carbonyl (C=O) groups excluding carboxylic acids is 3. The zero-order valence-electron chi connectivity index (χ0n) is 15.6. The lowest BCUT2D eigenvalue weighted by Crippen LogP contribution is -2.36. The molecule has 2 amide bonds. The lowest BCUT2D eigenvalue weighted by atomic mass is 10.1. The topological polar surface area (TPSA) is 88.1 Å². The third-order valence-corrected chi connectivity index (χ3v) is 4.26. The van der Waals surface area contributed by atoms with E-state index in [1.807, 2.05) is 61.5 Å². The van der Waals surface area contributed by atoms with Crippen LogP contribution in [0.3, 0.4) is 0 Å². The standard InChI is InChI=1S/C21H21N3O4/c1-15-6-5-9-17(12-15)24(13-16-7-3-2-4-8-16)20(26)14-28-21(27)18-10-11-19(25)23-22-18/h2-9,12H,10-11,13-14H2,1H3,(H,23,25). The normalized spacial score (nSPS) is 13.3. The first-order valence-electron chi connectivity index (χ1n) is 8.96. The number of benzene rings is 2. The maximum Gasteiger partial charge on any atom is 0.355 e. The number of hydrogen-bond donors (Lipinski definition) is 1. The van der Waals surface area contributed by atoms with Crippen LogP contribution in [-0.2, 0) is 25.7 Å². The molecule has 0 fully saturated rings. The van der Waals surface area contributed by atoms with E-state index in [4.69, 9.17) is 4.74 Å². The molecule has 28 heavy (non-hydrogen) atoms. The highest BCUT2D eigenvalue weighted by Crippen LogP contribution is 2.19. The number of ether oxygens (including phenoxy) is 1. The van der Waals surface area contributed by atoms with E-state index in [0.29, 0.717) is 6.54 Å². The van der Waals surface area contributed by atoms with E-state index < -0.39 is 12.6 Å². The van der Waals surface area contributed by atoms with Gasteiger partial charge in [-0.15, -0.1) is 0 Å². The highest BCUT2D eigenvalue weighted by molar-refractivity contribution is 6.37. The molecule has 0 saturated carbocycles. The molecule has 1 heterocycles. The molecule has 0 aliphatic carbocycles. The summed E-state index contributed by atoms with van der Waals surface area (Å²) in [7, 11) is 0. The number of hydrazone groups is 1. The lowest BCUT2D eigenvalue weighted by Gasteiger charge is -2.23. The molecular formula is C21H21N3O4. The Hall–Kier alpha value is -3.48. The average Bonchev–Trinajstić information content (AvgIpc) is 2.71. The van der Waals surface area contributed by atoms with Crippen LogP contribution in [-0.4, -0.2) is 30.1 Å². The van der Waals surface area contributed by atoms with Gasteiger partial charge in [-0.2, -0.15) is 5.10 Å². The molecule has 0 unspecified atom stereocenters. The van der Waals surface area contributed by atoms with Crippen molar-refractivity contribution in [2.24, 2.45) is 5.10 Å². The third kappa shape index (κ3) is 5.03. The van der Waals surface area contributed by atoms with Crippen LogP contribution in [0.25, 0.3) is 0 Å². The van der Waals surface area contributed by atoms with Gasteiger partial charge in [0.15, 0.2) is 6.61 Å². The second kappa shape index (κ2) is 8.94. The first-order valence-corrected chi connectivity index (χ1v) is 8.96. The third-order valence-electron chi connectivity index (χ3n) is 4.26. The zero-order chi connectivity index (χ0) is 19.9. The Morgan fingerprint density at radius 1 is 1.11 bits per heavy atom. The fourth-order valence-electron chi connectivity index (χ4n) is 2.80. The predicted molar refractivity (Wildman–Crippen MR) is 105 cm³/mol. The molecule has 7 heteroatoms. The highest BCUT2D eigenvalue weighted by Gasteiger charge is 2.23. The number of anilines is 1. The van der Waals surface area contributed by atoms with Crippen molar-refractivity contribution in [2.45, 2.75) is 26.3 Å². The summed E-state index contributed by atoms with van der Waals surface area (Å²) >= 11 is 0. The quantitative estimate of drug-likeness (QED) is 0.781. The van der Waals surface area contributed by atoms with Crippen molar-refractivity contribution in [3.63, 3.8) is 0 Å². The van der Waals surface area contributed by atoms with Gasteiger partial charge in [0, 0.05) is 18.5 Å². The summed E-state index contributed by atoms with van der Waals surface area (Å²) in [4.78, 5) is 37.6. The van der Waals surface area contributed by atoms with Gasteiger partial charge in [-0.05, 0) is 30.2 Å². The highest BCUT2D eigenvalue weighted by atomic mass is 16.5. The molecule has 1 N–H and O–H groups in total. The van der Waals surface area contributed by atoms with Crippen LogP contribution in [0.15, 0.2) is 59.7 Å². The van der Waals surface area contributed by atoms with Crippen molar-refractivity contribution in [2.75, 3.05) is 11.5 Å². The molecule has 0 atom stereocenters. The van der Waals surface area contributed by atoms with Crippen molar-refractivity contribution < 1.29 is 19.1 Å². The maximum atomic E-state index is 12.8. The van der Waals surface area contributed by atoms with Crippen LogP contribution < -0.4 is 10.3 Å². The summed E-state index contributed by atoms with van der Waals surface area (Å²) in [6.07, 6.45) is 0.371. The number of rotatable bonds is 6. The molecule has 3 rings (SSSR count). The number of nitrogens with zero attached hydrogens (tertiary/aromatic N) is 2. The van der Waals surface area contributed by atoms with Crippen LogP contribution in [0.2, 0.25) is 0 Å². The Kier molecular flexibility index (Phi) is 6.16. The van der Waals surface area contributed by atoms with Gasteiger partial charge in [0.05, 0.1) is 6.54 Å². The smallest absolute Gasteiger partial charge is 0.355 e. The zero-order valence-corrected chi connectivity index (χ0v) is 15.6. The van der Waals surface area contributed by atoms with Gasteiger partial charge >= 0.3 is 5.97 Å². The van der Waals surface area contributed by atoms with E-state index in [1.165, 1.54) is 0 Å². The summed E-state index contributed by atoms with van der Waals surface area (Å²) < 4.78 is 5.14. The SMILES string of the molecule is Cc1cccc(N(Cc2ccccc2)C(=O)COC(=O)C2=NNC(=O)CC2)c1. The van der Waals surface area contributed by atoms with Crippen molar-refractivity contribution in [1.82, 2.24) is 5.43 Å². The minimum absolute atomic E-state index is 0.109. The van der Waals surface area contributed by atoms with Gasteiger partial charge < -0.3 is 9.64 Å². The van der Waals surface area contributed by atoms with Gasteiger partial charge in [-0.1, -0.05) is 42.5 Å². The second-order valence-corrected chi connectivity index (χ2v) is 6.47. The van der Waals surface area contributed by atoms with E-state index in [9.17, 15) is 14.4 Å². The molecule has 2 aromatic carbocycles. The van der Waals surface area contributed by atoms with Gasteiger partial charge in [0.25, 0.3) is 5.91 Å². The van der Waals surface area contributed by atoms with Crippen LogP contribution in [0.4, 0.5) is 5.69 Å². The molecule has 2 aromatic rings. The first kappa shape index (κ1) is 19.3. The van der Waals surface area contributed by atoms with Gasteiger partial charge in [-0.25, -0.2) is 10.2 Å². The predicted octanol–water partition coefficient (Wildman–Crippen LogP) is 2.34. The fraction of sp³-hybridized carbons (Fsp3) is 0.238. The molecular weight excluding hydrogens is 358 g/mol. The summed E-state index contributed by atoms with van der Waals surface area (Å²) in [5, 5.41) is 3.69. The minimum atomic E-state index is -0.697. The second-order valence-electron chi connectivity index (χ2n) is 6.47. The molecule has 1 aliphatic rings. The van der Waals surface area contributed by atoms with Gasteiger partial charge in [-0.3, -0.25) is 9.59 Å². The summed E-state index contributed by atoms with van der Waals surface area (Å²) in [5.74, 6) is -1.29. The molecule has 7 nitrogen and oxygen atoms in total. The Morgan fingerprint density at radius 2 is 1.89 bits per heavy atom. The number of nitrogens with one attached hydrogen (secondary N) is 1. The van der Waals surface area contributed by atoms with Crippen LogP contribution in [0, 0.1) is 6.92 Å². The summed E-state index contributed by atoms with van der Waals surface area (Å²) in [6, 6.07) is 17.2. The van der Waals surface area contributed by atoms with E-state index >= 15 is 0 Å². The Morgan fingerprint density at radius 3 is 2.57 bits per heavy atom. The molecule has 0 aromatic heterocycles. The largest absolute Gasteiger partial charge is 0.451 e. The molecule has 0 bridgehead atoms. The molecule has 0 saturated heterocycles. The molecule has 0 radical (unpaired) electrons. The number of carbonyl (C=O) groups is 3. The van der Waals surface area contributed by atoms with Crippen molar-refractivity contribution in [3.05, 3.63) is 65.7 Å². The monoisotopic (exact) mass is 379 g/mol. The Balaban J connectivity index is 1.71. The molecule has 1 aliphatic heterocycles.